The topological polar surface area (TPSA) is 30.3 Å². The van der Waals surface area contributed by atoms with Gasteiger partial charge in [-0.15, -0.1) is 0 Å². The molecule has 0 amide bonds. The third-order valence-electron chi connectivity index (χ3n) is 2.36. The molecule has 0 N–H and O–H groups in total. The van der Waals surface area contributed by atoms with Gasteiger partial charge in [0.05, 0.1) is 22.5 Å². The summed E-state index contributed by atoms with van der Waals surface area (Å²) in [5.74, 6) is 0. The van der Waals surface area contributed by atoms with Crippen LogP contribution in [0, 0.1) is 6.92 Å². The van der Waals surface area contributed by atoms with Crippen molar-refractivity contribution in [2.75, 3.05) is 27.3 Å². The van der Waals surface area contributed by atoms with Gasteiger partial charge in [-0.2, -0.15) is 5.10 Å². The number of halogens is 1. The first-order chi connectivity index (χ1) is 7.06. The molecule has 4 nitrogen and oxygen atoms in total. The van der Waals surface area contributed by atoms with E-state index in [1.54, 1.807) is 7.11 Å². The van der Waals surface area contributed by atoms with Gasteiger partial charge < -0.3 is 4.74 Å². The third kappa shape index (κ3) is 3.29. The number of aryl methyl sites for hydroxylation is 2. The molecular weight excluding hydrogens is 258 g/mol. The number of rotatable bonds is 5. The summed E-state index contributed by atoms with van der Waals surface area (Å²) >= 11 is 3.56. The van der Waals surface area contributed by atoms with Gasteiger partial charge >= 0.3 is 0 Å². The highest BCUT2D eigenvalue weighted by molar-refractivity contribution is 9.10. The second-order valence-electron chi connectivity index (χ2n) is 3.70. The first-order valence-corrected chi connectivity index (χ1v) is 5.71. The van der Waals surface area contributed by atoms with Crippen LogP contribution in [0.4, 0.5) is 0 Å². The van der Waals surface area contributed by atoms with E-state index in [2.05, 4.69) is 33.0 Å². The van der Waals surface area contributed by atoms with Crippen molar-refractivity contribution in [1.29, 1.82) is 0 Å². The molecule has 0 radical (unpaired) electrons. The lowest BCUT2D eigenvalue weighted by molar-refractivity contribution is 0.157. The van der Waals surface area contributed by atoms with E-state index in [9.17, 15) is 0 Å². The van der Waals surface area contributed by atoms with Gasteiger partial charge in [-0.05, 0) is 29.9 Å². The molecule has 0 spiro atoms. The minimum absolute atomic E-state index is 0.755. The Morgan fingerprint density at radius 2 is 2.20 bits per heavy atom. The molecule has 1 aromatic heterocycles. The van der Waals surface area contributed by atoms with Crippen LogP contribution in [0.25, 0.3) is 0 Å². The Morgan fingerprint density at radius 3 is 2.67 bits per heavy atom. The minimum atomic E-state index is 0.755. The highest BCUT2D eigenvalue weighted by atomic mass is 79.9. The molecule has 86 valence electrons. The summed E-state index contributed by atoms with van der Waals surface area (Å²) in [5.41, 5.74) is 2.23. The molecular formula is C10H18BrN3O. The van der Waals surface area contributed by atoms with E-state index in [1.807, 2.05) is 18.7 Å². The zero-order valence-corrected chi connectivity index (χ0v) is 11.3. The molecule has 0 aliphatic heterocycles. The van der Waals surface area contributed by atoms with Gasteiger partial charge in [0.2, 0.25) is 0 Å². The largest absolute Gasteiger partial charge is 0.383 e. The fourth-order valence-corrected chi connectivity index (χ4v) is 1.90. The van der Waals surface area contributed by atoms with E-state index in [1.165, 1.54) is 5.69 Å². The zero-order chi connectivity index (χ0) is 11.4. The second kappa shape index (κ2) is 5.63. The van der Waals surface area contributed by atoms with E-state index in [4.69, 9.17) is 4.74 Å². The number of likely N-dealkylation sites (N-methyl/N-ethyl adjacent to an activating group) is 1. The molecule has 0 saturated carbocycles. The summed E-state index contributed by atoms with van der Waals surface area (Å²) in [7, 11) is 5.77. The summed E-state index contributed by atoms with van der Waals surface area (Å²) in [5, 5.41) is 4.36. The first-order valence-electron chi connectivity index (χ1n) is 4.91. The standard InChI is InChI=1S/C10H18BrN3O/c1-8-10(11)9(14(3)12-8)7-13(2)5-6-15-4/h5-7H2,1-4H3. The summed E-state index contributed by atoms with van der Waals surface area (Å²) in [6.45, 7) is 4.56. The number of hydrogen-bond acceptors (Lipinski definition) is 3. The van der Waals surface area contributed by atoms with E-state index >= 15 is 0 Å². The smallest absolute Gasteiger partial charge is 0.0739 e. The summed E-state index contributed by atoms with van der Waals surface area (Å²) in [4.78, 5) is 2.21. The van der Waals surface area contributed by atoms with Crippen LogP contribution in [0.1, 0.15) is 11.4 Å². The van der Waals surface area contributed by atoms with Gasteiger partial charge in [0.1, 0.15) is 0 Å². The molecule has 0 saturated heterocycles. The molecule has 1 rings (SSSR count). The van der Waals surface area contributed by atoms with Gasteiger partial charge in [0, 0.05) is 27.2 Å². The SMILES string of the molecule is COCCN(C)Cc1c(Br)c(C)nn1C. The maximum atomic E-state index is 5.04. The van der Waals surface area contributed by atoms with Crippen molar-refractivity contribution in [1.82, 2.24) is 14.7 Å². The van der Waals surface area contributed by atoms with Gasteiger partial charge in [0.15, 0.2) is 0 Å². The first kappa shape index (κ1) is 12.7. The number of nitrogens with zero attached hydrogens (tertiary/aromatic N) is 3. The Kier molecular flexibility index (Phi) is 4.76. The second-order valence-corrected chi connectivity index (χ2v) is 4.49. The van der Waals surface area contributed by atoms with Crippen LogP contribution in [0.3, 0.4) is 0 Å². The molecule has 0 aromatic carbocycles. The van der Waals surface area contributed by atoms with Gasteiger partial charge in [-0.3, -0.25) is 9.58 Å². The highest BCUT2D eigenvalue weighted by Crippen LogP contribution is 2.21. The van der Waals surface area contributed by atoms with Crippen molar-refractivity contribution in [2.24, 2.45) is 7.05 Å². The van der Waals surface area contributed by atoms with E-state index in [0.717, 1.165) is 29.9 Å². The van der Waals surface area contributed by atoms with Crippen LogP contribution in [0.15, 0.2) is 4.47 Å². The Balaban J connectivity index is 2.63. The van der Waals surface area contributed by atoms with Crippen LogP contribution in [-0.4, -0.2) is 42.0 Å². The molecule has 0 bridgehead atoms. The number of methoxy groups -OCH3 is 1. The van der Waals surface area contributed by atoms with Crippen LogP contribution in [-0.2, 0) is 18.3 Å². The quantitative estimate of drug-likeness (QED) is 0.817. The molecule has 1 aromatic rings. The lowest BCUT2D eigenvalue weighted by atomic mass is 10.3. The van der Waals surface area contributed by atoms with E-state index in [-0.39, 0.29) is 0 Å². The van der Waals surface area contributed by atoms with Gasteiger partial charge in [0.25, 0.3) is 0 Å². The van der Waals surface area contributed by atoms with E-state index in [0.29, 0.717) is 0 Å². The zero-order valence-electron chi connectivity index (χ0n) is 9.75. The highest BCUT2D eigenvalue weighted by Gasteiger charge is 2.12. The predicted octanol–water partition coefficient (Wildman–Crippen LogP) is 1.57. The van der Waals surface area contributed by atoms with Gasteiger partial charge in [-0.25, -0.2) is 0 Å². The van der Waals surface area contributed by atoms with Crippen molar-refractivity contribution in [3.05, 3.63) is 15.9 Å². The Bertz CT molecular complexity index is 325. The van der Waals surface area contributed by atoms with Crippen molar-refractivity contribution in [2.45, 2.75) is 13.5 Å². The van der Waals surface area contributed by atoms with Gasteiger partial charge in [-0.1, -0.05) is 0 Å². The lowest BCUT2D eigenvalue weighted by Gasteiger charge is -2.16. The molecule has 0 unspecified atom stereocenters. The fourth-order valence-electron chi connectivity index (χ4n) is 1.43. The molecule has 1 heterocycles. The monoisotopic (exact) mass is 275 g/mol. The average Bonchev–Trinajstić information content (AvgIpc) is 2.42. The Hall–Kier alpha value is -0.390. The Morgan fingerprint density at radius 1 is 1.53 bits per heavy atom. The van der Waals surface area contributed by atoms with Crippen molar-refractivity contribution >= 4 is 15.9 Å². The lowest BCUT2D eigenvalue weighted by Crippen LogP contribution is -2.23. The van der Waals surface area contributed by atoms with Crippen molar-refractivity contribution in [3.63, 3.8) is 0 Å². The van der Waals surface area contributed by atoms with Crippen LogP contribution in [0.2, 0.25) is 0 Å². The van der Waals surface area contributed by atoms with Crippen molar-refractivity contribution < 1.29 is 4.74 Å². The molecule has 5 heteroatoms. The molecule has 0 fully saturated rings. The number of aromatic nitrogens is 2. The molecule has 0 atom stereocenters. The third-order valence-corrected chi connectivity index (χ3v) is 3.39. The summed E-state index contributed by atoms with van der Waals surface area (Å²) < 4.78 is 8.07. The summed E-state index contributed by atoms with van der Waals surface area (Å²) in [6, 6.07) is 0. The van der Waals surface area contributed by atoms with Crippen LogP contribution < -0.4 is 0 Å². The molecule has 0 aliphatic carbocycles. The average molecular weight is 276 g/mol. The fraction of sp³-hybridized carbons (Fsp3) is 0.700. The predicted molar refractivity (Wildman–Crippen MR) is 63.9 cm³/mol. The van der Waals surface area contributed by atoms with Crippen LogP contribution >= 0.6 is 15.9 Å². The normalized spacial score (nSPS) is 11.3. The van der Waals surface area contributed by atoms with Crippen LogP contribution in [0.5, 0.6) is 0 Å². The van der Waals surface area contributed by atoms with E-state index < -0.39 is 0 Å². The minimum Gasteiger partial charge on any atom is -0.383 e. The Labute approximate surface area is 99.3 Å². The maximum absolute atomic E-state index is 5.04. The number of hydrogen-bond donors (Lipinski definition) is 0. The number of ether oxygens (including phenoxy) is 1. The molecule has 0 aliphatic rings. The summed E-state index contributed by atoms with van der Waals surface area (Å²) in [6.07, 6.45) is 0. The maximum Gasteiger partial charge on any atom is 0.0739 e. The molecule has 15 heavy (non-hydrogen) atoms. The van der Waals surface area contributed by atoms with Crippen molar-refractivity contribution in [3.8, 4) is 0 Å².